The van der Waals surface area contributed by atoms with Gasteiger partial charge in [-0.05, 0) is 36.1 Å². The van der Waals surface area contributed by atoms with Gasteiger partial charge in [0.05, 0.1) is 6.54 Å². The van der Waals surface area contributed by atoms with Crippen molar-refractivity contribution in [2.75, 3.05) is 42.9 Å². The minimum atomic E-state index is 0.0621. The molecule has 1 amide bonds. The van der Waals surface area contributed by atoms with Crippen LogP contribution in [0.25, 0.3) is 0 Å². The molecule has 0 bridgehead atoms. The Morgan fingerprint density at radius 2 is 1.85 bits per heavy atom. The minimum absolute atomic E-state index is 0.0621. The van der Waals surface area contributed by atoms with Crippen LogP contribution in [0.5, 0.6) is 0 Å². The average Bonchev–Trinajstić information content (AvgIpc) is 2.69. The minimum Gasteiger partial charge on any atom is -0.354 e. The second-order valence-corrected chi connectivity index (χ2v) is 6.90. The zero-order valence-corrected chi connectivity index (χ0v) is 15.7. The van der Waals surface area contributed by atoms with Crippen LogP contribution in [0.3, 0.4) is 0 Å². The first-order chi connectivity index (χ1) is 12.7. The number of piperazine rings is 1. The summed E-state index contributed by atoms with van der Waals surface area (Å²) in [5, 5.41) is 3.11. The van der Waals surface area contributed by atoms with Crippen LogP contribution in [0.15, 0.2) is 48.7 Å². The van der Waals surface area contributed by atoms with E-state index in [0.717, 1.165) is 44.1 Å². The van der Waals surface area contributed by atoms with Crippen LogP contribution in [0.2, 0.25) is 0 Å². The Kier molecular flexibility index (Phi) is 6.23. The third kappa shape index (κ3) is 4.61. The molecule has 138 valence electrons. The second kappa shape index (κ2) is 8.81. The highest BCUT2D eigenvalue weighted by Gasteiger charge is 2.20. The number of rotatable bonds is 6. The van der Waals surface area contributed by atoms with Crippen molar-refractivity contribution >= 4 is 17.4 Å². The third-order valence-electron chi connectivity index (χ3n) is 5.09. The summed E-state index contributed by atoms with van der Waals surface area (Å²) in [5.74, 6) is 1.51. The van der Waals surface area contributed by atoms with Crippen LogP contribution in [0.1, 0.15) is 31.7 Å². The molecule has 26 heavy (non-hydrogen) atoms. The summed E-state index contributed by atoms with van der Waals surface area (Å²) >= 11 is 0. The highest BCUT2D eigenvalue weighted by molar-refractivity contribution is 5.93. The summed E-state index contributed by atoms with van der Waals surface area (Å²) < 4.78 is 0. The van der Waals surface area contributed by atoms with Crippen molar-refractivity contribution in [3.63, 3.8) is 0 Å². The summed E-state index contributed by atoms with van der Waals surface area (Å²) in [4.78, 5) is 21.4. The molecule has 2 aromatic rings. The second-order valence-electron chi connectivity index (χ2n) is 6.90. The Balaban J connectivity index is 1.52. The standard InChI is InChI=1S/C21H28N4O/c1-3-17(2)18-8-4-5-9-19(18)23-21(26)16-24-12-14-25(15-13-24)20-10-6-7-11-22-20/h4-11,17H,3,12-16H2,1-2H3,(H,23,26)/t17-/m1/s1. The van der Waals surface area contributed by atoms with E-state index in [-0.39, 0.29) is 5.91 Å². The van der Waals surface area contributed by atoms with Crippen molar-refractivity contribution in [2.45, 2.75) is 26.2 Å². The maximum atomic E-state index is 12.5. The first kappa shape index (κ1) is 18.4. The van der Waals surface area contributed by atoms with Crippen molar-refractivity contribution in [2.24, 2.45) is 0 Å². The van der Waals surface area contributed by atoms with Crippen molar-refractivity contribution < 1.29 is 4.79 Å². The number of amides is 1. The lowest BCUT2D eigenvalue weighted by Gasteiger charge is -2.35. The SMILES string of the molecule is CC[C@@H](C)c1ccccc1NC(=O)CN1CCN(c2ccccn2)CC1. The molecule has 0 saturated carbocycles. The normalized spacial score (nSPS) is 16.3. The molecule has 1 saturated heterocycles. The lowest BCUT2D eigenvalue weighted by molar-refractivity contribution is -0.117. The Hall–Kier alpha value is -2.40. The molecule has 1 aliphatic heterocycles. The quantitative estimate of drug-likeness (QED) is 0.866. The topological polar surface area (TPSA) is 48.5 Å². The summed E-state index contributed by atoms with van der Waals surface area (Å²) in [6, 6.07) is 14.1. The highest BCUT2D eigenvalue weighted by Crippen LogP contribution is 2.26. The number of benzene rings is 1. The van der Waals surface area contributed by atoms with Gasteiger partial charge >= 0.3 is 0 Å². The van der Waals surface area contributed by atoms with Gasteiger partial charge in [-0.25, -0.2) is 4.98 Å². The van der Waals surface area contributed by atoms with E-state index in [2.05, 4.69) is 40.0 Å². The molecule has 1 fully saturated rings. The van der Waals surface area contributed by atoms with Crippen LogP contribution < -0.4 is 10.2 Å². The van der Waals surface area contributed by atoms with Crippen LogP contribution >= 0.6 is 0 Å². The molecule has 5 nitrogen and oxygen atoms in total. The van der Waals surface area contributed by atoms with Crippen LogP contribution in [0, 0.1) is 0 Å². The highest BCUT2D eigenvalue weighted by atomic mass is 16.2. The average molecular weight is 352 g/mol. The molecule has 0 unspecified atom stereocenters. The van der Waals surface area contributed by atoms with Gasteiger partial charge in [0.25, 0.3) is 0 Å². The fourth-order valence-corrected chi connectivity index (χ4v) is 3.33. The first-order valence-electron chi connectivity index (χ1n) is 9.44. The van der Waals surface area contributed by atoms with Crippen molar-refractivity contribution in [1.82, 2.24) is 9.88 Å². The van der Waals surface area contributed by atoms with Gasteiger partial charge in [0, 0.05) is 38.1 Å². The predicted octanol–water partition coefficient (Wildman–Crippen LogP) is 3.36. The number of hydrogen-bond acceptors (Lipinski definition) is 4. The molecule has 1 aromatic heterocycles. The van der Waals surface area contributed by atoms with Gasteiger partial charge in [0.15, 0.2) is 0 Å². The van der Waals surface area contributed by atoms with E-state index in [1.165, 1.54) is 5.56 Å². The molecule has 2 heterocycles. The number of pyridine rings is 1. The molecular formula is C21H28N4O. The number of aromatic nitrogens is 1. The van der Waals surface area contributed by atoms with E-state index in [1.54, 1.807) is 0 Å². The van der Waals surface area contributed by atoms with Gasteiger partial charge in [0.1, 0.15) is 5.82 Å². The molecule has 1 aromatic carbocycles. The van der Waals surface area contributed by atoms with Gasteiger partial charge in [-0.2, -0.15) is 0 Å². The Morgan fingerprint density at radius 1 is 1.12 bits per heavy atom. The first-order valence-corrected chi connectivity index (χ1v) is 9.44. The Morgan fingerprint density at radius 3 is 2.54 bits per heavy atom. The van der Waals surface area contributed by atoms with Crippen LogP contribution in [-0.2, 0) is 4.79 Å². The fourth-order valence-electron chi connectivity index (χ4n) is 3.33. The smallest absolute Gasteiger partial charge is 0.238 e. The third-order valence-corrected chi connectivity index (χ3v) is 5.09. The van der Waals surface area contributed by atoms with Gasteiger partial charge < -0.3 is 10.2 Å². The van der Waals surface area contributed by atoms with Crippen molar-refractivity contribution in [3.8, 4) is 0 Å². The van der Waals surface area contributed by atoms with Gasteiger partial charge in [-0.1, -0.05) is 38.1 Å². The Bertz CT molecular complexity index is 711. The lowest BCUT2D eigenvalue weighted by Crippen LogP contribution is -2.48. The lowest BCUT2D eigenvalue weighted by atomic mass is 9.97. The summed E-state index contributed by atoms with van der Waals surface area (Å²) in [5.41, 5.74) is 2.15. The molecule has 5 heteroatoms. The number of para-hydroxylation sites is 1. The maximum absolute atomic E-state index is 12.5. The number of nitrogens with one attached hydrogen (secondary N) is 1. The number of anilines is 2. The number of carbonyl (C=O) groups is 1. The van der Waals surface area contributed by atoms with E-state index in [1.807, 2.05) is 42.6 Å². The van der Waals surface area contributed by atoms with Crippen LogP contribution in [0.4, 0.5) is 11.5 Å². The van der Waals surface area contributed by atoms with E-state index in [0.29, 0.717) is 12.5 Å². The monoisotopic (exact) mass is 352 g/mol. The van der Waals surface area contributed by atoms with Gasteiger partial charge in [-0.15, -0.1) is 0 Å². The van der Waals surface area contributed by atoms with E-state index < -0.39 is 0 Å². The van der Waals surface area contributed by atoms with Crippen molar-refractivity contribution in [1.29, 1.82) is 0 Å². The fraction of sp³-hybridized carbons (Fsp3) is 0.429. The van der Waals surface area contributed by atoms with Gasteiger partial charge in [-0.3, -0.25) is 9.69 Å². The molecule has 0 spiro atoms. The molecule has 1 aliphatic rings. The molecule has 1 atom stereocenters. The number of carbonyl (C=O) groups excluding carboxylic acids is 1. The number of hydrogen-bond donors (Lipinski definition) is 1. The maximum Gasteiger partial charge on any atom is 0.238 e. The van der Waals surface area contributed by atoms with Crippen molar-refractivity contribution in [3.05, 3.63) is 54.2 Å². The summed E-state index contributed by atoms with van der Waals surface area (Å²) in [6.07, 6.45) is 2.88. The predicted molar refractivity (Wildman–Crippen MR) is 107 cm³/mol. The molecule has 1 N–H and O–H groups in total. The molecule has 0 radical (unpaired) electrons. The molecule has 3 rings (SSSR count). The number of nitrogens with zero attached hydrogens (tertiary/aromatic N) is 3. The van der Waals surface area contributed by atoms with E-state index in [9.17, 15) is 4.79 Å². The Labute approximate surface area is 156 Å². The summed E-state index contributed by atoms with van der Waals surface area (Å²) in [7, 11) is 0. The molecular weight excluding hydrogens is 324 g/mol. The van der Waals surface area contributed by atoms with Gasteiger partial charge in [0.2, 0.25) is 5.91 Å². The molecule has 0 aliphatic carbocycles. The van der Waals surface area contributed by atoms with E-state index in [4.69, 9.17) is 0 Å². The largest absolute Gasteiger partial charge is 0.354 e. The zero-order chi connectivity index (χ0) is 18.4. The zero-order valence-electron chi connectivity index (χ0n) is 15.7. The van der Waals surface area contributed by atoms with E-state index >= 15 is 0 Å². The van der Waals surface area contributed by atoms with Crippen LogP contribution in [-0.4, -0.2) is 48.5 Å². The summed E-state index contributed by atoms with van der Waals surface area (Å²) in [6.45, 7) is 8.34.